The molecule has 2 unspecified atom stereocenters. The van der Waals surface area contributed by atoms with Crippen LogP contribution in [0.5, 0.6) is 5.88 Å². The molecule has 1 aliphatic rings. The molecule has 1 aromatic heterocycles. The summed E-state index contributed by atoms with van der Waals surface area (Å²) in [5.41, 5.74) is 0.127. The lowest BCUT2D eigenvalue weighted by Crippen LogP contribution is -2.48. The number of aromatic nitrogens is 1. The van der Waals surface area contributed by atoms with Gasteiger partial charge in [-0.15, -0.1) is 0 Å². The number of hydrogen-bond donors (Lipinski definition) is 2. The fourth-order valence-electron chi connectivity index (χ4n) is 2.90. The summed E-state index contributed by atoms with van der Waals surface area (Å²) in [6.45, 7) is 3.63. The van der Waals surface area contributed by atoms with Crippen molar-refractivity contribution in [3.63, 3.8) is 0 Å². The van der Waals surface area contributed by atoms with Crippen molar-refractivity contribution in [3.8, 4) is 5.88 Å². The highest BCUT2D eigenvalue weighted by Gasteiger charge is 2.23. The number of esters is 1. The van der Waals surface area contributed by atoms with Gasteiger partial charge < -0.3 is 14.8 Å². The molecule has 3 amide bonds. The number of rotatable bonds is 6. The van der Waals surface area contributed by atoms with Gasteiger partial charge in [-0.3, -0.25) is 10.1 Å². The van der Waals surface area contributed by atoms with Crippen molar-refractivity contribution in [1.82, 2.24) is 15.6 Å². The van der Waals surface area contributed by atoms with Gasteiger partial charge in [0, 0.05) is 12.2 Å². The topological polar surface area (TPSA) is 107 Å². The Morgan fingerprint density at radius 3 is 2.77 bits per heavy atom. The van der Waals surface area contributed by atoms with Gasteiger partial charge in [0.15, 0.2) is 6.61 Å². The second kappa shape index (κ2) is 9.74. The number of carbonyl (C=O) groups excluding carboxylic acids is 3. The molecule has 0 saturated heterocycles. The van der Waals surface area contributed by atoms with Crippen molar-refractivity contribution in [2.45, 2.75) is 45.6 Å². The molecular weight excluding hydrogens is 338 g/mol. The Morgan fingerprint density at radius 1 is 1.27 bits per heavy atom. The highest BCUT2D eigenvalue weighted by molar-refractivity contribution is 5.97. The van der Waals surface area contributed by atoms with Crippen LogP contribution in [0.25, 0.3) is 0 Å². The lowest BCUT2D eigenvalue weighted by Gasteiger charge is -2.29. The van der Waals surface area contributed by atoms with Crippen LogP contribution in [0.1, 0.15) is 49.9 Å². The molecule has 0 bridgehead atoms. The Hall–Kier alpha value is -2.64. The van der Waals surface area contributed by atoms with Crippen LogP contribution in [-0.2, 0) is 9.53 Å². The summed E-state index contributed by atoms with van der Waals surface area (Å²) in [6, 6.07) is 2.55. The fourth-order valence-corrected chi connectivity index (χ4v) is 2.90. The third-order valence-electron chi connectivity index (χ3n) is 4.29. The van der Waals surface area contributed by atoms with E-state index in [4.69, 9.17) is 9.47 Å². The Morgan fingerprint density at radius 2 is 2.04 bits per heavy atom. The van der Waals surface area contributed by atoms with Crippen LogP contribution < -0.4 is 15.4 Å². The highest BCUT2D eigenvalue weighted by Crippen LogP contribution is 2.23. The first-order valence-electron chi connectivity index (χ1n) is 8.86. The van der Waals surface area contributed by atoms with Gasteiger partial charge in [0.2, 0.25) is 5.88 Å². The second-order valence-electron chi connectivity index (χ2n) is 6.26. The molecule has 1 heterocycles. The van der Waals surface area contributed by atoms with E-state index in [2.05, 4.69) is 22.5 Å². The Labute approximate surface area is 152 Å². The SMILES string of the molecule is CCOc1ncccc1C(=O)OCC(=O)NC(=O)NC1CCCCC1C. The summed E-state index contributed by atoms with van der Waals surface area (Å²) in [6.07, 6.45) is 5.68. The number of imide groups is 1. The van der Waals surface area contributed by atoms with Crippen molar-refractivity contribution >= 4 is 17.9 Å². The van der Waals surface area contributed by atoms with Gasteiger partial charge >= 0.3 is 12.0 Å². The molecule has 2 rings (SSSR count). The van der Waals surface area contributed by atoms with Crippen LogP contribution in [0.2, 0.25) is 0 Å². The fraction of sp³-hybridized carbons (Fsp3) is 0.556. The second-order valence-corrected chi connectivity index (χ2v) is 6.26. The van der Waals surface area contributed by atoms with E-state index in [0.717, 1.165) is 25.7 Å². The number of nitrogens with zero attached hydrogens (tertiary/aromatic N) is 1. The molecule has 2 N–H and O–H groups in total. The molecule has 8 heteroatoms. The molecule has 1 aromatic rings. The maximum Gasteiger partial charge on any atom is 0.344 e. The molecule has 1 aliphatic carbocycles. The van der Waals surface area contributed by atoms with Gasteiger partial charge in [-0.25, -0.2) is 14.6 Å². The molecule has 142 valence electrons. The van der Waals surface area contributed by atoms with E-state index in [9.17, 15) is 14.4 Å². The predicted molar refractivity (Wildman–Crippen MR) is 93.8 cm³/mol. The lowest BCUT2D eigenvalue weighted by molar-refractivity contribution is -0.123. The minimum atomic E-state index is -0.738. The van der Waals surface area contributed by atoms with E-state index >= 15 is 0 Å². The van der Waals surface area contributed by atoms with Crippen molar-refractivity contribution < 1.29 is 23.9 Å². The monoisotopic (exact) mass is 363 g/mol. The average Bonchev–Trinajstić information content (AvgIpc) is 2.62. The smallest absolute Gasteiger partial charge is 0.344 e. The zero-order valence-electron chi connectivity index (χ0n) is 15.1. The number of urea groups is 1. The van der Waals surface area contributed by atoms with Gasteiger partial charge in [-0.05, 0) is 37.8 Å². The first-order chi connectivity index (χ1) is 12.5. The molecule has 0 radical (unpaired) electrons. The molecule has 8 nitrogen and oxygen atoms in total. The minimum Gasteiger partial charge on any atom is -0.477 e. The molecule has 0 aromatic carbocycles. The van der Waals surface area contributed by atoms with Crippen molar-refractivity contribution in [3.05, 3.63) is 23.9 Å². The zero-order chi connectivity index (χ0) is 18.9. The maximum atomic E-state index is 12.1. The molecule has 1 saturated carbocycles. The van der Waals surface area contributed by atoms with E-state index in [1.54, 1.807) is 13.0 Å². The van der Waals surface area contributed by atoms with Gasteiger partial charge in [-0.1, -0.05) is 19.8 Å². The quantitative estimate of drug-likeness (QED) is 0.749. The standard InChI is InChI=1S/C18H25N3O5/c1-3-25-16-13(8-6-10-19-16)17(23)26-11-15(22)21-18(24)20-14-9-5-4-7-12(14)2/h6,8,10,12,14H,3-5,7,9,11H2,1-2H3,(H2,20,21,22,24). The van der Waals surface area contributed by atoms with E-state index in [1.807, 2.05) is 0 Å². The van der Waals surface area contributed by atoms with Crippen LogP contribution in [0.3, 0.4) is 0 Å². The normalized spacial score (nSPS) is 19.3. The van der Waals surface area contributed by atoms with Crippen molar-refractivity contribution in [1.29, 1.82) is 0 Å². The Bertz CT molecular complexity index is 649. The van der Waals surface area contributed by atoms with Crippen LogP contribution in [0.4, 0.5) is 4.79 Å². The van der Waals surface area contributed by atoms with Crippen LogP contribution in [-0.4, -0.2) is 42.1 Å². The third kappa shape index (κ3) is 5.72. The third-order valence-corrected chi connectivity index (χ3v) is 4.29. The first kappa shape index (κ1) is 19.7. The summed E-state index contributed by atoms with van der Waals surface area (Å²) in [7, 11) is 0. The minimum absolute atomic E-state index is 0.0586. The molecule has 26 heavy (non-hydrogen) atoms. The van der Waals surface area contributed by atoms with E-state index in [0.29, 0.717) is 12.5 Å². The number of carbonyl (C=O) groups is 3. The summed E-state index contributed by atoms with van der Waals surface area (Å²) in [4.78, 5) is 39.8. The summed E-state index contributed by atoms with van der Waals surface area (Å²) in [5.74, 6) is -0.909. The number of ether oxygens (including phenoxy) is 2. The predicted octanol–water partition coefficient (Wildman–Crippen LogP) is 2.04. The zero-order valence-corrected chi connectivity index (χ0v) is 15.1. The van der Waals surface area contributed by atoms with Gasteiger partial charge in [0.25, 0.3) is 5.91 Å². The molecule has 2 atom stereocenters. The van der Waals surface area contributed by atoms with Crippen LogP contribution >= 0.6 is 0 Å². The molecule has 0 aliphatic heterocycles. The number of amides is 3. The van der Waals surface area contributed by atoms with Crippen LogP contribution in [0.15, 0.2) is 18.3 Å². The van der Waals surface area contributed by atoms with E-state index in [1.165, 1.54) is 12.3 Å². The summed E-state index contributed by atoms with van der Waals surface area (Å²) < 4.78 is 10.2. The maximum absolute atomic E-state index is 12.1. The summed E-state index contributed by atoms with van der Waals surface area (Å²) >= 11 is 0. The van der Waals surface area contributed by atoms with Crippen LogP contribution in [0, 0.1) is 5.92 Å². The van der Waals surface area contributed by atoms with Gasteiger partial charge in [0.05, 0.1) is 6.61 Å². The molecule has 0 spiro atoms. The number of hydrogen-bond acceptors (Lipinski definition) is 6. The summed E-state index contributed by atoms with van der Waals surface area (Å²) in [5, 5.41) is 4.98. The highest BCUT2D eigenvalue weighted by atomic mass is 16.5. The van der Waals surface area contributed by atoms with E-state index in [-0.39, 0.29) is 17.5 Å². The van der Waals surface area contributed by atoms with Gasteiger partial charge in [-0.2, -0.15) is 0 Å². The number of nitrogens with one attached hydrogen (secondary N) is 2. The average molecular weight is 363 g/mol. The largest absolute Gasteiger partial charge is 0.477 e. The molecule has 1 fully saturated rings. The Kier molecular flexibility index (Phi) is 7.37. The van der Waals surface area contributed by atoms with Crippen molar-refractivity contribution in [2.24, 2.45) is 5.92 Å². The molecular formula is C18H25N3O5. The Balaban J connectivity index is 1.79. The number of pyridine rings is 1. The van der Waals surface area contributed by atoms with Gasteiger partial charge in [0.1, 0.15) is 5.56 Å². The van der Waals surface area contributed by atoms with E-state index < -0.39 is 24.5 Å². The van der Waals surface area contributed by atoms with Crippen molar-refractivity contribution in [2.75, 3.05) is 13.2 Å². The first-order valence-corrected chi connectivity index (χ1v) is 8.86. The lowest BCUT2D eigenvalue weighted by atomic mass is 9.86.